The zero-order chi connectivity index (χ0) is 21.5. The van der Waals surface area contributed by atoms with Gasteiger partial charge in [0.05, 0.1) is 11.4 Å². The van der Waals surface area contributed by atoms with Crippen molar-refractivity contribution in [3.63, 3.8) is 0 Å². The van der Waals surface area contributed by atoms with Crippen LogP contribution in [-0.4, -0.2) is 11.4 Å². The summed E-state index contributed by atoms with van der Waals surface area (Å²) in [5.74, 6) is 0. The molecule has 0 saturated heterocycles. The highest BCUT2D eigenvalue weighted by atomic mass is 14.9. The van der Waals surface area contributed by atoms with E-state index < -0.39 is 0 Å². The Balaban J connectivity index is 2.05. The highest BCUT2D eigenvalue weighted by Crippen LogP contribution is 2.37. The molecule has 0 atom stereocenters. The molecule has 0 aromatic heterocycles. The number of para-hydroxylation sites is 2. The van der Waals surface area contributed by atoms with Crippen molar-refractivity contribution in [2.75, 3.05) is 0 Å². The number of fused-ring (bicyclic) bond motifs is 6. The average molecular weight is 395 g/mol. The fourth-order valence-corrected chi connectivity index (χ4v) is 3.89. The zero-order valence-electron chi connectivity index (χ0n) is 18.8. The quantitative estimate of drug-likeness (QED) is 0.371. The van der Waals surface area contributed by atoms with Crippen LogP contribution >= 0.6 is 0 Å². The molecular weight excluding hydrogens is 364 g/mol. The number of hydrogen-bond acceptors (Lipinski definition) is 2. The normalized spacial score (nSPS) is 17.3. The molecule has 0 saturated carbocycles. The lowest BCUT2D eigenvalue weighted by molar-refractivity contribution is 0.711. The molecule has 0 amide bonds. The predicted octanol–water partition coefficient (Wildman–Crippen LogP) is 7.81. The number of hydrogen-bond donors (Lipinski definition) is 0. The second kappa shape index (κ2) is 7.36. The highest BCUT2D eigenvalue weighted by Gasteiger charge is 2.27. The lowest BCUT2D eigenvalue weighted by atomic mass is 9.78. The van der Waals surface area contributed by atoms with Crippen molar-refractivity contribution in [2.24, 2.45) is 9.98 Å². The summed E-state index contributed by atoms with van der Waals surface area (Å²) in [6, 6.07) is 25.9. The fourth-order valence-electron chi connectivity index (χ4n) is 3.89. The molecule has 0 unspecified atom stereocenters. The van der Waals surface area contributed by atoms with Crippen LogP contribution in [0.4, 0.5) is 11.4 Å². The molecule has 3 aromatic rings. The molecule has 0 fully saturated rings. The van der Waals surface area contributed by atoms with Gasteiger partial charge in [-0.05, 0) is 48.2 Å². The molecule has 0 N–H and O–H groups in total. The minimum Gasteiger partial charge on any atom is -0.255 e. The van der Waals surface area contributed by atoms with Gasteiger partial charge < -0.3 is 0 Å². The van der Waals surface area contributed by atoms with Gasteiger partial charge in [0.25, 0.3) is 0 Å². The van der Waals surface area contributed by atoms with E-state index in [-0.39, 0.29) is 10.8 Å². The molecule has 4 rings (SSSR count). The van der Waals surface area contributed by atoms with Crippen LogP contribution in [0.5, 0.6) is 0 Å². The third-order valence-electron chi connectivity index (χ3n) is 6.77. The Morgan fingerprint density at radius 3 is 1.33 bits per heavy atom. The highest BCUT2D eigenvalue weighted by molar-refractivity contribution is 5.98. The van der Waals surface area contributed by atoms with E-state index in [2.05, 4.69) is 102 Å². The lowest BCUT2D eigenvalue weighted by Gasteiger charge is -2.28. The van der Waals surface area contributed by atoms with E-state index in [0.717, 1.165) is 22.8 Å². The summed E-state index contributed by atoms with van der Waals surface area (Å²) < 4.78 is 0. The van der Waals surface area contributed by atoms with E-state index in [1.165, 1.54) is 22.3 Å². The van der Waals surface area contributed by atoms with E-state index in [1.807, 2.05) is 12.1 Å². The Morgan fingerprint density at radius 1 is 0.533 bits per heavy atom. The Kier molecular flexibility index (Phi) is 4.97. The van der Waals surface area contributed by atoms with Crippen LogP contribution in [0.2, 0.25) is 0 Å². The maximum Gasteiger partial charge on any atom is 0.0885 e. The molecule has 1 heterocycles. The molecule has 2 heteroatoms. The van der Waals surface area contributed by atoms with Gasteiger partial charge in [0.1, 0.15) is 0 Å². The van der Waals surface area contributed by atoms with Crippen LogP contribution in [0.1, 0.15) is 52.7 Å². The molecule has 3 aromatic carbocycles. The molecule has 0 spiro atoms. The van der Waals surface area contributed by atoms with E-state index in [1.54, 1.807) is 0 Å². The SMILES string of the molecule is CC1=Nc2ccccc2N=C(C)C(C)(C)c2cccc(c2)-c2cccc(c2)C1(C)C. The van der Waals surface area contributed by atoms with Gasteiger partial charge >= 0.3 is 0 Å². The molecule has 0 aliphatic carbocycles. The smallest absolute Gasteiger partial charge is 0.0885 e. The van der Waals surface area contributed by atoms with E-state index in [4.69, 9.17) is 9.98 Å². The standard InChI is InChI=1S/C28H30N2/c1-19-27(3,4)23-13-9-11-21(17-23)22-12-10-14-24(18-22)28(5,6)20(2)30-26-16-8-7-15-25(26)29-19/h7-18H,1-6H3. The van der Waals surface area contributed by atoms with Crippen molar-refractivity contribution in [2.45, 2.75) is 52.4 Å². The van der Waals surface area contributed by atoms with Crippen molar-refractivity contribution in [1.29, 1.82) is 0 Å². The van der Waals surface area contributed by atoms with Gasteiger partial charge in [-0.3, -0.25) is 9.98 Å². The number of rotatable bonds is 0. The summed E-state index contributed by atoms with van der Waals surface area (Å²) in [5, 5.41) is 0. The summed E-state index contributed by atoms with van der Waals surface area (Å²) >= 11 is 0. The number of benzene rings is 3. The average Bonchev–Trinajstić information content (AvgIpc) is 2.74. The minimum atomic E-state index is -0.192. The third kappa shape index (κ3) is 3.52. The molecule has 2 nitrogen and oxygen atoms in total. The van der Waals surface area contributed by atoms with Crippen molar-refractivity contribution < 1.29 is 0 Å². The van der Waals surface area contributed by atoms with Gasteiger partial charge in [-0.2, -0.15) is 0 Å². The Morgan fingerprint density at radius 2 is 0.933 bits per heavy atom. The van der Waals surface area contributed by atoms with Gasteiger partial charge in [-0.1, -0.05) is 88.4 Å². The van der Waals surface area contributed by atoms with Gasteiger partial charge in [0, 0.05) is 22.3 Å². The Bertz CT molecular complexity index is 1070. The molecule has 1 aliphatic rings. The lowest BCUT2D eigenvalue weighted by Crippen LogP contribution is -2.27. The largest absolute Gasteiger partial charge is 0.255 e. The van der Waals surface area contributed by atoms with Crippen molar-refractivity contribution >= 4 is 22.8 Å². The molecule has 1 aliphatic heterocycles. The summed E-state index contributed by atoms with van der Waals surface area (Å²) in [6.07, 6.45) is 0. The first kappa shape index (κ1) is 20.3. The Labute approximate surface area is 180 Å². The first-order chi connectivity index (χ1) is 14.2. The van der Waals surface area contributed by atoms with E-state index in [0.29, 0.717) is 0 Å². The summed E-state index contributed by atoms with van der Waals surface area (Å²) in [5.41, 5.74) is 8.60. The van der Waals surface area contributed by atoms with Gasteiger partial charge in [-0.25, -0.2) is 0 Å². The van der Waals surface area contributed by atoms with Crippen molar-refractivity contribution in [1.82, 2.24) is 0 Å². The maximum atomic E-state index is 5.05. The summed E-state index contributed by atoms with van der Waals surface area (Å²) in [7, 11) is 0. The van der Waals surface area contributed by atoms with Crippen LogP contribution in [0.25, 0.3) is 11.1 Å². The predicted molar refractivity (Wildman–Crippen MR) is 130 cm³/mol. The molecule has 0 radical (unpaired) electrons. The fraction of sp³-hybridized carbons (Fsp3) is 0.286. The van der Waals surface area contributed by atoms with Crippen LogP contribution in [0.15, 0.2) is 82.8 Å². The zero-order valence-corrected chi connectivity index (χ0v) is 18.8. The summed E-state index contributed by atoms with van der Waals surface area (Å²) in [6.45, 7) is 13.2. The van der Waals surface area contributed by atoms with Crippen molar-refractivity contribution in [3.8, 4) is 11.1 Å². The minimum absolute atomic E-state index is 0.192. The van der Waals surface area contributed by atoms with Crippen LogP contribution in [0, 0.1) is 0 Å². The van der Waals surface area contributed by atoms with Crippen LogP contribution < -0.4 is 0 Å². The second-order valence-corrected chi connectivity index (χ2v) is 9.29. The monoisotopic (exact) mass is 394 g/mol. The summed E-state index contributed by atoms with van der Waals surface area (Å²) in [4.78, 5) is 10.1. The van der Waals surface area contributed by atoms with Crippen LogP contribution in [0.3, 0.4) is 0 Å². The first-order valence-corrected chi connectivity index (χ1v) is 10.6. The van der Waals surface area contributed by atoms with Crippen LogP contribution in [-0.2, 0) is 10.8 Å². The van der Waals surface area contributed by atoms with Gasteiger partial charge in [0.15, 0.2) is 0 Å². The number of nitrogens with zero attached hydrogens (tertiary/aromatic N) is 2. The van der Waals surface area contributed by atoms with Gasteiger partial charge in [-0.15, -0.1) is 0 Å². The van der Waals surface area contributed by atoms with E-state index >= 15 is 0 Å². The molecular formula is C28H30N2. The molecule has 30 heavy (non-hydrogen) atoms. The molecule has 152 valence electrons. The second-order valence-electron chi connectivity index (χ2n) is 9.29. The topological polar surface area (TPSA) is 24.7 Å². The maximum absolute atomic E-state index is 5.05. The van der Waals surface area contributed by atoms with Crippen molar-refractivity contribution in [3.05, 3.63) is 83.9 Å². The number of aliphatic imine (C=N–C) groups is 2. The van der Waals surface area contributed by atoms with Gasteiger partial charge in [0.2, 0.25) is 0 Å². The first-order valence-electron chi connectivity index (χ1n) is 10.6. The Hall–Kier alpha value is -3.00. The molecule has 4 bridgehead atoms. The third-order valence-corrected chi connectivity index (χ3v) is 6.77. The van der Waals surface area contributed by atoms with E-state index in [9.17, 15) is 0 Å².